The van der Waals surface area contributed by atoms with E-state index in [0.29, 0.717) is 18.4 Å². The first-order valence-electron chi connectivity index (χ1n) is 11.3. The van der Waals surface area contributed by atoms with Gasteiger partial charge in [0.05, 0.1) is 5.56 Å². The van der Waals surface area contributed by atoms with Crippen LogP contribution >= 0.6 is 0 Å². The van der Waals surface area contributed by atoms with Crippen molar-refractivity contribution in [1.82, 2.24) is 0 Å². The van der Waals surface area contributed by atoms with Gasteiger partial charge in [-0.2, -0.15) is 0 Å². The Labute approximate surface area is 209 Å². The van der Waals surface area contributed by atoms with Gasteiger partial charge < -0.3 is 0 Å². The van der Waals surface area contributed by atoms with Crippen LogP contribution < -0.4 is 0 Å². The molecule has 0 N–H and O–H groups in total. The largest absolute Gasteiger partial charge is 0.207 e. The summed E-state index contributed by atoms with van der Waals surface area (Å²) in [6.45, 7) is 3.57. The highest BCUT2D eigenvalue weighted by Gasteiger charge is 2.15. The summed E-state index contributed by atoms with van der Waals surface area (Å²) in [5, 5.41) is -0.127. The van der Waals surface area contributed by atoms with Crippen molar-refractivity contribution in [3.8, 4) is 11.8 Å². The summed E-state index contributed by atoms with van der Waals surface area (Å²) in [6, 6.07) is 9.13. The fraction of sp³-hybridized carbons (Fsp3) is 0.133. The molecule has 0 unspecified atom stereocenters. The van der Waals surface area contributed by atoms with Gasteiger partial charge in [0.15, 0.2) is 17.5 Å². The topological polar surface area (TPSA) is 0 Å². The number of halogens is 7. The molecule has 0 aliphatic heterocycles. The van der Waals surface area contributed by atoms with Gasteiger partial charge >= 0.3 is 0 Å². The zero-order valence-corrected chi connectivity index (χ0v) is 19.4. The van der Waals surface area contributed by atoms with Crippen molar-refractivity contribution >= 4 is 10.8 Å². The molecule has 0 aliphatic rings. The minimum Gasteiger partial charge on any atom is -0.207 e. The zero-order valence-electron chi connectivity index (χ0n) is 19.4. The molecule has 0 amide bonds. The highest BCUT2D eigenvalue weighted by molar-refractivity contribution is 5.84. The van der Waals surface area contributed by atoms with Crippen molar-refractivity contribution in [3.63, 3.8) is 0 Å². The molecule has 0 spiro atoms. The van der Waals surface area contributed by atoms with Crippen LogP contribution in [0.5, 0.6) is 0 Å². The van der Waals surface area contributed by atoms with E-state index in [-0.39, 0.29) is 40.3 Å². The SMILES string of the molecule is C=CCCc1cc(F)c(CCc2cc(F)c(C#Cc3ccc4c(F)c(F)c(F)cc4c3)c(F)c2)c(F)c1. The van der Waals surface area contributed by atoms with Gasteiger partial charge in [0.2, 0.25) is 0 Å². The molecule has 0 nitrogen and oxygen atoms in total. The molecular formula is C30H19F7. The Morgan fingerprint density at radius 3 is 1.89 bits per heavy atom. The number of rotatable bonds is 6. The lowest BCUT2D eigenvalue weighted by molar-refractivity contribution is 0.453. The van der Waals surface area contributed by atoms with Gasteiger partial charge in [-0.3, -0.25) is 0 Å². The molecule has 0 aromatic heterocycles. The van der Waals surface area contributed by atoms with Gasteiger partial charge in [-0.25, -0.2) is 30.7 Å². The van der Waals surface area contributed by atoms with E-state index in [9.17, 15) is 30.7 Å². The van der Waals surface area contributed by atoms with Crippen molar-refractivity contribution in [3.05, 3.63) is 130 Å². The maximum absolute atomic E-state index is 14.6. The summed E-state index contributed by atoms with van der Waals surface area (Å²) in [7, 11) is 0. The Bertz CT molecular complexity index is 1530. The molecule has 0 atom stereocenters. The number of aryl methyl sites for hydroxylation is 2. The molecule has 4 aromatic rings. The van der Waals surface area contributed by atoms with Gasteiger partial charge in [-0.05, 0) is 84.7 Å². The average molecular weight is 512 g/mol. The molecule has 0 bridgehead atoms. The fourth-order valence-electron chi connectivity index (χ4n) is 3.98. The Balaban J connectivity index is 1.54. The van der Waals surface area contributed by atoms with Crippen molar-refractivity contribution in [2.75, 3.05) is 0 Å². The van der Waals surface area contributed by atoms with Crippen LogP contribution in [0, 0.1) is 52.6 Å². The fourth-order valence-corrected chi connectivity index (χ4v) is 3.98. The first-order valence-corrected chi connectivity index (χ1v) is 11.3. The molecule has 0 radical (unpaired) electrons. The first kappa shape index (κ1) is 26.0. The molecule has 4 aromatic carbocycles. The zero-order chi connectivity index (χ0) is 26.7. The summed E-state index contributed by atoms with van der Waals surface area (Å²) >= 11 is 0. The maximum Gasteiger partial charge on any atom is 0.195 e. The van der Waals surface area contributed by atoms with Gasteiger partial charge in [0.25, 0.3) is 0 Å². The lowest BCUT2D eigenvalue weighted by Crippen LogP contribution is -2.02. The predicted octanol–water partition coefficient (Wildman–Crippen LogP) is 8.12. The second-order valence-corrected chi connectivity index (χ2v) is 8.47. The Morgan fingerprint density at radius 2 is 1.24 bits per heavy atom. The van der Waals surface area contributed by atoms with Crippen LogP contribution in [0.15, 0.2) is 61.2 Å². The summed E-state index contributed by atoms with van der Waals surface area (Å²) in [4.78, 5) is 0. The predicted molar refractivity (Wildman–Crippen MR) is 128 cm³/mol. The van der Waals surface area contributed by atoms with Gasteiger partial charge in [-0.1, -0.05) is 24.0 Å². The van der Waals surface area contributed by atoms with E-state index in [1.54, 1.807) is 6.08 Å². The van der Waals surface area contributed by atoms with E-state index >= 15 is 0 Å². The average Bonchev–Trinajstić information content (AvgIpc) is 2.85. The first-order chi connectivity index (χ1) is 17.7. The molecule has 0 aliphatic carbocycles. The third-order valence-electron chi connectivity index (χ3n) is 5.91. The molecular weight excluding hydrogens is 493 g/mol. The number of allylic oxidation sites excluding steroid dienone is 1. The van der Waals surface area contributed by atoms with E-state index < -0.39 is 46.3 Å². The van der Waals surface area contributed by atoms with Gasteiger partial charge in [0.1, 0.15) is 23.3 Å². The second kappa shape index (κ2) is 10.9. The molecule has 0 saturated heterocycles. The Kier molecular flexibility index (Phi) is 7.68. The lowest BCUT2D eigenvalue weighted by atomic mass is 9.99. The molecule has 0 fully saturated rings. The minimum atomic E-state index is -1.60. The van der Waals surface area contributed by atoms with E-state index in [1.807, 2.05) is 0 Å². The monoisotopic (exact) mass is 512 g/mol. The second-order valence-electron chi connectivity index (χ2n) is 8.47. The molecule has 37 heavy (non-hydrogen) atoms. The summed E-state index contributed by atoms with van der Waals surface area (Å²) < 4.78 is 98.8. The van der Waals surface area contributed by atoms with Crippen molar-refractivity contribution in [2.24, 2.45) is 0 Å². The summed E-state index contributed by atoms with van der Waals surface area (Å²) in [5.41, 5.74) is 0.171. The van der Waals surface area contributed by atoms with Crippen LogP contribution in [-0.4, -0.2) is 0 Å². The highest BCUT2D eigenvalue weighted by atomic mass is 19.2. The van der Waals surface area contributed by atoms with Crippen LogP contribution in [0.1, 0.15) is 34.2 Å². The van der Waals surface area contributed by atoms with Gasteiger partial charge in [0, 0.05) is 16.5 Å². The van der Waals surface area contributed by atoms with E-state index in [0.717, 1.165) is 18.2 Å². The third-order valence-corrected chi connectivity index (χ3v) is 5.91. The summed E-state index contributed by atoms with van der Waals surface area (Å²) in [5.74, 6) is -2.81. The highest BCUT2D eigenvalue weighted by Crippen LogP contribution is 2.25. The number of benzene rings is 4. The molecule has 188 valence electrons. The standard InChI is InChI=1S/C30H19F7/c1-2-3-4-18-12-24(31)23(25(32)13-18)10-7-19-14-26(33)22(27(34)15-19)9-6-17-5-8-21-20(11-17)16-28(35)30(37)29(21)36/h2,5,8,11-16H,1,3-4,7,10H2. The summed E-state index contributed by atoms with van der Waals surface area (Å²) in [6.07, 6.45) is 2.55. The maximum atomic E-state index is 14.6. The van der Waals surface area contributed by atoms with Crippen LogP contribution in [-0.2, 0) is 19.3 Å². The van der Waals surface area contributed by atoms with E-state index in [1.165, 1.54) is 30.3 Å². The van der Waals surface area contributed by atoms with Gasteiger partial charge in [-0.15, -0.1) is 6.58 Å². The Morgan fingerprint density at radius 1 is 0.622 bits per heavy atom. The lowest BCUT2D eigenvalue weighted by Gasteiger charge is -2.09. The van der Waals surface area contributed by atoms with Crippen molar-refractivity contribution in [2.45, 2.75) is 25.7 Å². The van der Waals surface area contributed by atoms with Crippen LogP contribution in [0.3, 0.4) is 0 Å². The van der Waals surface area contributed by atoms with Crippen molar-refractivity contribution < 1.29 is 30.7 Å². The minimum absolute atomic E-state index is 0.0141. The number of hydrogen-bond acceptors (Lipinski definition) is 0. The number of fused-ring (bicyclic) bond motifs is 1. The van der Waals surface area contributed by atoms with Crippen molar-refractivity contribution in [1.29, 1.82) is 0 Å². The molecule has 7 heteroatoms. The Hall–Kier alpha value is -4.05. The van der Waals surface area contributed by atoms with Crippen LogP contribution in [0.2, 0.25) is 0 Å². The van der Waals surface area contributed by atoms with Crippen LogP contribution in [0.4, 0.5) is 30.7 Å². The molecule has 0 heterocycles. The van der Waals surface area contributed by atoms with Crippen LogP contribution in [0.25, 0.3) is 10.8 Å². The normalized spacial score (nSPS) is 10.9. The third kappa shape index (κ3) is 5.69. The van der Waals surface area contributed by atoms with E-state index in [4.69, 9.17) is 0 Å². The molecule has 4 rings (SSSR count). The smallest absolute Gasteiger partial charge is 0.195 e. The molecule has 0 saturated carbocycles. The quantitative estimate of drug-likeness (QED) is 0.106. The number of hydrogen-bond donors (Lipinski definition) is 0. The van der Waals surface area contributed by atoms with E-state index in [2.05, 4.69) is 18.4 Å².